The molecule has 0 radical (unpaired) electrons. The minimum Gasteiger partial charge on any atom is -0.289 e. The number of sulfonamides is 1. The van der Waals surface area contributed by atoms with Gasteiger partial charge < -0.3 is 0 Å². The summed E-state index contributed by atoms with van der Waals surface area (Å²) in [4.78, 5) is 3.93. The van der Waals surface area contributed by atoms with Crippen LogP contribution in [0, 0.1) is 11.3 Å². The highest BCUT2D eigenvalue weighted by molar-refractivity contribution is 7.89. The van der Waals surface area contributed by atoms with Crippen molar-refractivity contribution in [1.29, 1.82) is 5.26 Å². The van der Waals surface area contributed by atoms with E-state index in [1.807, 2.05) is 6.07 Å². The van der Waals surface area contributed by atoms with Crippen LogP contribution in [0.1, 0.15) is 24.3 Å². The first-order valence-electron chi connectivity index (χ1n) is 7.48. The number of fused-ring (bicyclic) bond motifs is 1. The van der Waals surface area contributed by atoms with Crippen LogP contribution < -0.4 is 4.72 Å². The zero-order valence-corrected chi connectivity index (χ0v) is 15.6. The number of aromatic nitrogens is 4. The molecule has 0 saturated heterocycles. The van der Waals surface area contributed by atoms with Gasteiger partial charge in [0.25, 0.3) is 6.43 Å². The van der Waals surface area contributed by atoms with Crippen molar-refractivity contribution in [2.75, 3.05) is 0 Å². The molecule has 3 aromatic rings. The van der Waals surface area contributed by atoms with Gasteiger partial charge in [0.1, 0.15) is 22.7 Å². The SMILES string of the molecule is N#CC1(NS(=O)(=O)c2cc(Cl)n3cnc(-c4nnc(C(F)F)s4)c3c2)CC1. The van der Waals surface area contributed by atoms with Gasteiger partial charge in [-0.15, -0.1) is 10.2 Å². The number of hydrogen-bond acceptors (Lipinski definition) is 7. The molecule has 0 aliphatic heterocycles. The number of rotatable bonds is 5. The third-order valence-electron chi connectivity index (χ3n) is 4.01. The molecule has 0 bridgehead atoms. The van der Waals surface area contributed by atoms with Crippen LogP contribution in [-0.2, 0) is 10.0 Å². The molecule has 27 heavy (non-hydrogen) atoms. The van der Waals surface area contributed by atoms with Crippen LogP contribution in [0.25, 0.3) is 16.2 Å². The fourth-order valence-corrected chi connectivity index (χ4v) is 4.88. The lowest BCUT2D eigenvalue weighted by Gasteiger charge is -2.11. The Balaban J connectivity index is 1.81. The third-order valence-corrected chi connectivity index (χ3v) is 6.75. The van der Waals surface area contributed by atoms with Gasteiger partial charge >= 0.3 is 0 Å². The molecule has 1 fully saturated rings. The highest BCUT2D eigenvalue weighted by Gasteiger charge is 2.46. The Morgan fingerprint density at radius 3 is 2.70 bits per heavy atom. The summed E-state index contributed by atoms with van der Waals surface area (Å²) < 4.78 is 54.6. The van der Waals surface area contributed by atoms with Gasteiger partial charge in [-0.05, 0) is 25.0 Å². The number of pyridine rings is 1. The fourth-order valence-electron chi connectivity index (χ4n) is 2.45. The lowest BCUT2D eigenvalue weighted by atomic mass is 10.3. The largest absolute Gasteiger partial charge is 0.291 e. The first-order chi connectivity index (χ1) is 12.7. The Labute approximate surface area is 160 Å². The van der Waals surface area contributed by atoms with E-state index in [1.165, 1.54) is 22.9 Å². The quantitative estimate of drug-likeness (QED) is 0.623. The molecular weight excluding hydrogens is 422 g/mol. The molecule has 1 aliphatic carbocycles. The van der Waals surface area contributed by atoms with E-state index < -0.39 is 27.0 Å². The Morgan fingerprint density at radius 2 is 2.11 bits per heavy atom. The Hall–Kier alpha value is -2.20. The Bertz CT molecular complexity index is 1200. The number of alkyl halides is 2. The topological polar surface area (TPSA) is 113 Å². The fraction of sp³-hybridized carbons (Fsp3) is 0.286. The van der Waals surface area contributed by atoms with Crippen molar-refractivity contribution in [3.63, 3.8) is 0 Å². The Kier molecular flexibility index (Phi) is 4.15. The van der Waals surface area contributed by atoms with E-state index in [1.54, 1.807) is 0 Å². The summed E-state index contributed by atoms with van der Waals surface area (Å²) in [7, 11) is -4.02. The number of imidazole rings is 1. The summed E-state index contributed by atoms with van der Waals surface area (Å²) in [5.41, 5.74) is -0.646. The van der Waals surface area contributed by atoms with Crippen LogP contribution in [0.5, 0.6) is 0 Å². The summed E-state index contributed by atoms with van der Waals surface area (Å²) in [5, 5.41) is 15.9. The molecule has 140 valence electrons. The second kappa shape index (κ2) is 6.16. The van der Waals surface area contributed by atoms with E-state index in [2.05, 4.69) is 19.9 Å². The monoisotopic (exact) mass is 430 g/mol. The lowest BCUT2D eigenvalue weighted by Crippen LogP contribution is -2.35. The van der Waals surface area contributed by atoms with E-state index in [0.717, 1.165) is 0 Å². The van der Waals surface area contributed by atoms with Gasteiger partial charge in [-0.2, -0.15) is 9.98 Å². The van der Waals surface area contributed by atoms with Gasteiger partial charge in [0.2, 0.25) is 10.0 Å². The zero-order valence-electron chi connectivity index (χ0n) is 13.2. The van der Waals surface area contributed by atoms with Crippen molar-refractivity contribution < 1.29 is 17.2 Å². The number of nitrogens with zero attached hydrogens (tertiary/aromatic N) is 5. The normalized spacial score (nSPS) is 16.0. The number of nitrogens with one attached hydrogen (secondary N) is 1. The summed E-state index contributed by atoms with van der Waals surface area (Å²) in [5.74, 6) is 0. The maximum Gasteiger partial charge on any atom is 0.291 e. The van der Waals surface area contributed by atoms with Gasteiger partial charge in [-0.1, -0.05) is 22.9 Å². The van der Waals surface area contributed by atoms with Crippen molar-refractivity contribution in [2.24, 2.45) is 0 Å². The van der Waals surface area contributed by atoms with Crippen LogP contribution >= 0.6 is 22.9 Å². The van der Waals surface area contributed by atoms with Crippen LogP contribution in [0.4, 0.5) is 8.78 Å². The molecule has 1 saturated carbocycles. The van der Waals surface area contributed by atoms with Gasteiger partial charge in [-0.25, -0.2) is 22.2 Å². The van der Waals surface area contributed by atoms with Gasteiger partial charge in [0.15, 0.2) is 10.0 Å². The first-order valence-corrected chi connectivity index (χ1v) is 10.2. The van der Waals surface area contributed by atoms with Gasteiger partial charge in [0, 0.05) is 0 Å². The molecule has 13 heteroatoms. The van der Waals surface area contributed by atoms with Crippen molar-refractivity contribution in [3.8, 4) is 16.8 Å². The van der Waals surface area contributed by atoms with Crippen molar-refractivity contribution in [2.45, 2.75) is 29.7 Å². The second-order valence-electron chi connectivity index (χ2n) is 5.91. The summed E-state index contributed by atoms with van der Waals surface area (Å²) >= 11 is 6.82. The minimum absolute atomic E-state index is 0.0482. The molecule has 0 aromatic carbocycles. The zero-order chi connectivity index (χ0) is 19.4. The molecule has 0 spiro atoms. The maximum atomic E-state index is 12.8. The van der Waals surface area contributed by atoms with Crippen molar-refractivity contribution in [3.05, 3.63) is 28.6 Å². The summed E-state index contributed by atoms with van der Waals surface area (Å²) in [6, 6.07) is 4.47. The van der Waals surface area contributed by atoms with E-state index in [-0.39, 0.29) is 26.3 Å². The predicted molar refractivity (Wildman–Crippen MR) is 92.0 cm³/mol. The van der Waals surface area contributed by atoms with E-state index in [0.29, 0.717) is 24.2 Å². The highest BCUT2D eigenvalue weighted by atomic mass is 35.5. The van der Waals surface area contributed by atoms with Gasteiger partial charge in [-0.3, -0.25) is 4.40 Å². The van der Waals surface area contributed by atoms with Crippen LogP contribution in [0.15, 0.2) is 23.4 Å². The average molecular weight is 431 g/mol. The van der Waals surface area contributed by atoms with Crippen molar-refractivity contribution >= 4 is 38.5 Å². The third kappa shape index (κ3) is 3.16. The number of nitriles is 1. The van der Waals surface area contributed by atoms with Crippen LogP contribution in [-0.4, -0.2) is 33.5 Å². The number of halogens is 3. The molecule has 8 nitrogen and oxygen atoms in total. The van der Waals surface area contributed by atoms with Crippen LogP contribution in [0.2, 0.25) is 5.15 Å². The summed E-state index contributed by atoms with van der Waals surface area (Å²) in [6.45, 7) is 0. The first kappa shape index (κ1) is 18.2. The lowest BCUT2D eigenvalue weighted by molar-refractivity contribution is 0.150. The standard InChI is InChI=1S/C14H9ClF2N6O2S2/c15-9-4-7(27(24,25)22-14(5-18)1-2-14)3-8-10(19-6-23(8)9)12-20-21-13(26-12)11(16)17/h3-4,6,11,22H,1-2H2. The van der Waals surface area contributed by atoms with E-state index in [9.17, 15) is 17.2 Å². The average Bonchev–Trinajstić information content (AvgIpc) is 3.03. The summed E-state index contributed by atoms with van der Waals surface area (Å²) in [6.07, 6.45) is -0.581. The van der Waals surface area contributed by atoms with E-state index in [4.69, 9.17) is 16.9 Å². The molecule has 0 atom stereocenters. The smallest absolute Gasteiger partial charge is 0.289 e. The minimum atomic E-state index is -4.02. The molecular formula is C14H9ClF2N6O2S2. The van der Waals surface area contributed by atoms with Crippen LogP contribution in [0.3, 0.4) is 0 Å². The molecule has 3 aromatic heterocycles. The Morgan fingerprint density at radius 1 is 1.37 bits per heavy atom. The highest BCUT2D eigenvalue weighted by Crippen LogP contribution is 2.37. The predicted octanol–water partition coefficient (Wildman–Crippen LogP) is 2.78. The second-order valence-corrected chi connectivity index (χ2v) is 8.99. The van der Waals surface area contributed by atoms with Gasteiger partial charge in [0.05, 0.1) is 16.5 Å². The molecule has 1 N–H and O–H groups in total. The molecule has 0 unspecified atom stereocenters. The number of hydrogen-bond donors (Lipinski definition) is 1. The molecule has 3 heterocycles. The van der Waals surface area contributed by atoms with E-state index >= 15 is 0 Å². The van der Waals surface area contributed by atoms with Crippen molar-refractivity contribution in [1.82, 2.24) is 24.3 Å². The molecule has 1 aliphatic rings. The molecule has 0 amide bonds. The maximum absolute atomic E-state index is 12.8. The molecule has 4 rings (SSSR count).